The first-order chi connectivity index (χ1) is 11.9. The standard InChI is InChI=1S/C19H19FN2O3/c1-11(8-17(23)18-4-3-7-25-18)21-19(24)15-9-13-5-6-14(20)10-16(13)22-12(15)2/h3-7,9-11,17,23H,8H2,1-2H3,(H,21,24). The SMILES string of the molecule is Cc1nc2cc(F)ccc2cc1C(=O)NC(C)CC(O)c1ccco1. The Morgan fingerprint density at radius 3 is 2.88 bits per heavy atom. The molecule has 2 aromatic heterocycles. The fourth-order valence-corrected chi connectivity index (χ4v) is 2.76. The number of pyridine rings is 1. The van der Waals surface area contributed by atoms with E-state index in [0.717, 1.165) is 0 Å². The van der Waals surface area contributed by atoms with E-state index in [2.05, 4.69) is 10.3 Å². The number of aliphatic hydroxyl groups is 1. The van der Waals surface area contributed by atoms with Crippen LogP contribution in [0.1, 0.15) is 41.3 Å². The van der Waals surface area contributed by atoms with Gasteiger partial charge in [-0.1, -0.05) is 0 Å². The molecule has 3 rings (SSSR count). The van der Waals surface area contributed by atoms with Crippen LogP contribution >= 0.6 is 0 Å². The lowest BCUT2D eigenvalue weighted by molar-refractivity contribution is 0.0902. The molecule has 1 amide bonds. The molecule has 0 spiro atoms. The highest BCUT2D eigenvalue weighted by Gasteiger charge is 2.18. The minimum Gasteiger partial charge on any atom is -0.467 e. The molecular weight excluding hydrogens is 323 g/mol. The Morgan fingerprint density at radius 2 is 2.16 bits per heavy atom. The van der Waals surface area contributed by atoms with Crippen molar-refractivity contribution in [2.24, 2.45) is 0 Å². The fourth-order valence-electron chi connectivity index (χ4n) is 2.76. The van der Waals surface area contributed by atoms with Gasteiger partial charge in [-0.05, 0) is 44.2 Å². The lowest BCUT2D eigenvalue weighted by Gasteiger charge is -2.17. The largest absolute Gasteiger partial charge is 0.467 e. The lowest BCUT2D eigenvalue weighted by Crippen LogP contribution is -2.34. The molecule has 5 nitrogen and oxygen atoms in total. The number of aryl methyl sites for hydroxylation is 1. The van der Waals surface area contributed by atoms with Gasteiger partial charge in [0.05, 0.1) is 23.0 Å². The number of furan rings is 1. The summed E-state index contributed by atoms with van der Waals surface area (Å²) in [5.74, 6) is -0.181. The number of rotatable bonds is 5. The number of aromatic nitrogens is 1. The van der Waals surface area contributed by atoms with Crippen molar-refractivity contribution in [2.75, 3.05) is 0 Å². The van der Waals surface area contributed by atoms with Crippen LogP contribution in [0, 0.1) is 12.7 Å². The topological polar surface area (TPSA) is 75.4 Å². The van der Waals surface area contributed by atoms with E-state index in [1.165, 1.54) is 18.4 Å². The summed E-state index contributed by atoms with van der Waals surface area (Å²) in [4.78, 5) is 16.8. The van der Waals surface area contributed by atoms with Crippen molar-refractivity contribution in [1.82, 2.24) is 10.3 Å². The van der Waals surface area contributed by atoms with Crippen LogP contribution in [0.25, 0.3) is 10.9 Å². The van der Waals surface area contributed by atoms with Crippen LogP contribution in [-0.4, -0.2) is 22.0 Å². The zero-order chi connectivity index (χ0) is 18.0. The Balaban J connectivity index is 1.73. The number of carbonyl (C=O) groups excluding carboxylic acids is 1. The molecule has 0 aliphatic heterocycles. The first kappa shape index (κ1) is 17.1. The zero-order valence-electron chi connectivity index (χ0n) is 14.0. The Bertz CT molecular complexity index is 893. The van der Waals surface area contributed by atoms with Crippen LogP contribution < -0.4 is 5.32 Å². The Labute approximate surface area is 144 Å². The smallest absolute Gasteiger partial charge is 0.253 e. The Kier molecular flexibility index (Phi) is 4.81. The predicted molar refractivity (Wildman–Crippen MR) is 91.7 cm³/mol. The molecule has 0 saturated carbocycles. The highest BCUT2D eigenvalue weighted by atomic mass is 19.1. The lowest BCUT2D eigenvalue weighted by atomic mass is 10.1. The third kappa shape index (κ3) is 3.85. The summed E-state index contributed by atoms with van der Waals surface area (Å²) in [5.41, 5.74) is 1.46. The maximum absolute atomic E-state index is 13.3. The third-order valence-electron chi connectivity index (χ3n) is 4.04. The minimum absolute atomic E-state index is 0.268. The van der Waals surface area contributed by atoms with Gasteiger partial charge in [-0.15, -0.1) is 0 Å². The fraction of sp³-hybridized carbons (Fsp3) is 0.263. The Morgan fingerprint density at radius 1 is 1.36 bits per heavy atom. The van der Waals surface area contributed by atoms with Gasteiger partial charge in [-0.25, -0.2) is 4.39 Å². The van der Waals surface area contributed by atoms with E-state index in [9.17, 15) is 14.3 Å². The number of aliphatic hydroxyl groups excluding tert-OH is 1. The molecule has 25 heavy (non-hydrogen) atoms. The van der Waals surface area contributed by atoms with E-state index in [0.29, 0.717) is 34.3 Å². The number of amides is 1. The van der Waals surface area contributed by atoms with Gasteiger partial charge in [0.1, 0.15) is 17.7 Å². The van der Waals surface area contributed by atoms with Crippen molar-refractivity contribution in [1.29, 1.82) is 0 Å². The Hall–Kier alpha value is -2.73. The molecule has 0 fully saturated rings. The second-order valence-corrected chi connectivity index (χ2v) is 6.10. The molecule has 2 N–H and O–H groups in total. The molecule has 0 radical (unpaired) electrons. The van der Waals surface area contributed by atoms with Crippen LogP contribution in [0.15, 0.2) is 47.1 Å². The molecule has 0 saturated heterocycles. The van der Waals surface area contributed by atoms with Crippen molar-refractivity contribution < 1.29 is 18.7 Å². The van der Waals surface area contributed by atoms with Gasteiger partial charge in [0, 0.05) is 23.9 Å². The van der Waals surface area contributed by atoms with Crippen LogP contribution in [0.3, 0.4) is 0 Å². The molecule has 130 valence electrons. The summed E-state index contributed by atoms with van der Waals surface area (Å²) in [6, 6.07) is 9.09. The van der Waals surface area contributed by atoms with Crippen LogP contribution in [0.4, 0.5) is 4.39 Å². The van der Waals surface area contributed by atoms with E-state index in [1.54, 1.807) is 31.2 Å². The molecule has 2 heterocycles. The number of nitrogens with one attached hydrogen (secondary N) is 1. The van der Waals surface area contributed by atoms with Crippen molar-refractivity contribution in [3.63, 3.8) is 0 Å². The number of carbonyl (C=O) groups is 1. The van der Waals surface area contributed by atoms with Gasteiger partial charge in [-0.3, -0.25) is 9.78 Å². The minimum atomic E-state index is -0.788. The summed E-state index contributed by atoms with van der Waals surface area (Å²) >= 11 is 0. The molecule has 0 aliphatic rings. The van der Waals surface area contributed by atoms with E-state index >= 15 is 0 Å². The molecule has 6 heteroatoms. The quantitative estimate of drug-likeness (QED) is 0.744. The number of nitrogens with zero attached hydrogens (tertiary/aromatic N) is 1. The van der Waals surface area contributed by atoms with Crippen LogP contribution in [0.2, 0.25) is 0 Å². The van der Waals surface area contributed by atoms with Crippen LogP contribution in [-0.2, 0) is 0 Å². The van der Waals surface area contributed by atoms with E-state index < -0.39 is 6.10 Å². The second kappa shape index (κ2) is 7.03. The van der Waals surface area contributed by atoms with Crippen molar-refractivity contribution in [3.05, 3.63) is 65.5 Å². The number of fused-ring (bicyclic) bond motifs is 1. The molecule has 2 atom stereocenters. The monoisotopic (exact) mass is 342 g/mol. The summed E-state index contributed by atoms with van der Waals surface area (Å²) in [6.45, 7) is 3.52. The van der Waals surface area contributed by atoms with Crippen molar-refractivity contribution in [3.8, 4) is 0 Å². The van der Waals surface area contributed by atoms with Crippen LogP contribution in [0.5, 0.6) is 0 Å². The molecular formula is C19H19FN2O3. The summed E-state index contributed by atoms with van der Waals surface area (Å²) in [7, 11) is 0. The second-order valence-electron chi connectivity index (χ2n) is 6.10. The summed E-state index contributed by atoms with van der Waals surface area (Å²) in [5, 5.41) is 13.6. The third-order valence-corrected chi connectivity index (χ3v) is 4.04. The van der Waals surface area contributed by atoms with Gasteiger partial charge in [-0.2, -0.15) is 0 Å². The number of benzene rings is 1. The highest BCUT2D eigenvalue weighted by Crippen LogP contribution is 2.20. The average molecular weight is 342 g/mol. The molecule has 2 unspecified atom stereocenters. The van der Waals surface area contributed by atoms with E-state index in [-0.39, 0.29) is 17.8 Å². The molecule has 0 aliphatic carbocycles. The maximum atomic E-state index is 13.3. The summed E-state index contributed by atoms with van der Waals surface area (Å²) in [6.07, 6.45) is 1.03. The first-order valence-corrected chi connectivity index (χ1v) is 8.03. The van der Waals surface area contributed by atoms with Gasteiger partial charge >= 0.3 is 0 Å². The molecule has 0 bridgehead atoms. The molecule has 1 aromatic carbocycles. The highest BCUT2D eigenvalue weighted by molar-refractivity contribution is 5.98. The normalized spacial score (nSPS) is 13.6. The first-order valence-electron chi connectivity index (χ1n) is 8.03. The van der Waals surface area contributed by atoms with E-state index in [4.69, 9.17) is 4.42 Å². The van der Waals surface area contributed by atoms with E-state index in [1.807, 2.05) is 6.92 Å². The number of hydrogen-bond acceptors (Lipinski definition) is 4. The average Bonchev–Trinajstić information content (AvgIpc) is 3.08. The van der Waals surface area contributed by atoms with Crippen molar-refractivity contribution in [2.45, 2.75) is 32.4 Å². The number of halogens is 1. The number of hydrogen-bond donors (Lipinski definition) is 2. The van der Waals surface area contributed by atoms with Gasteiger partial charge < -0.3 is 14.8 Å². The van der Waals surface area contributed by atoms with Gasteiger partial charge in [0.2, 0.25) is 0 Å². The van der Waals surface area contributed by atoms with Gasteiger partial charge in [0.15, 0.2) is 0 Å². The predicted octanol–water partition coefficient (Wildman–Crippen LogP) is 3.52. The summed E-state index contributed by atoms with van der Waals surface area (Å²) < 4.78 is 18.4. The van der Waals surface area contributed by atoms with Gasteiger partial charge in [0.25, 0.3) is 5.91 Å². The maximum Gasteiger partial charge on any atom is 0.253 e. The molecule has 3 aromatic rings. The zero-order valence-corrected chi connectivity index (χ0v) is 14.0. The van der Waals surface area contributed by atoms with Crippen molar-refractivity contribution >= 4 is 16.8 Å².